The smallest absolute Gasteiger partial charge is 0.322 e. The highest BCUT2D eigenvalue weighted by Gasteiger charge is 2.31. The average Bonchev–Trinajstić information content (AvgIpc) is 3.21. The molecule has 10 heteroatoms. The molecule has 0 radical (unpaired) electrons. The number of anilines is 1. The molecule has 1 saturated heterocycles. The van der Waals surface area contributed by atoms with Crippen LogP contribution in [0.4, 0.5) is 6.01 Å². The molecule has 0 saturated carbocycles. The molecule has 1 aromatic heterocycles. The molecule has 2 atom stereocenters. The summed E-state index contributed by atoms with van der Waals surface area (Å²) in [4.78, 5) is 12.7. The number of nitrogens with one attached hydrogen (secondary N) is 1. The van der Waals surface area contributed by atoms with Crippen LogP contribution in [0.25, 0.3) is 11.5 Å². The van der Waals surface area contributed by atoms with E-state index in [9.17, 15) is 13.2 Å². The van der Waals surface area contributed by atoms with Crippen LogP contribution in [0, 0.1) is 11.8 Å². The Balaban J connectivity index is 1.46. The van der Waals surface area contributed by atoms with Gasteiger partial charge in [-0.25, -0.2) is 8.42 Å². The van der Waals surface area contributed by atoms with Crippen molar-refractivity contribution in [3.05, 3.63) is 59.1 Å². The molecule has 0 aliphatic carbocycles. The second-order valence-electron chi connectivity index (χ2n) is 8.14. The molecule has 0 spiro atoms. The zero-order chi connectivity index (χ0) is 22.9. The number of sulfonamides is 1. The third-order valence-corrected chi connectivity index (χ3v) is 7.51. The molecule has 32 heavy (non-hydrogen) atoms. The van der Waals surface area contributed by atoms with E-state index in [2.05, 4.69) is 29.4 Å². The lowest BCUT2D eigenvalue weighted by Crippen LogP contribution is -2.42. The molecule has 3 aromatic rings. The molecule has 1 amide bonds. The van der Waals surface area contributed by atoms with Crippen LogP contribution in [0.2, 0.25) is 5.02 Å². The number of rotatable bonds is 5. The van der Waals surface area contributed by atoms with Gasteiger partial charge in [0.2, 0.25) is 10.0 Å². The summed E-state index contributed by atoms with van der Waals surface area (Å²) in [6.07, 6.45) is 1.01. The number of piperidine rings is 1. The predicted molar refractivity (Wildman–Crippen MR) is 121 cm³/mol. The van der Waals surface area contributed by atoms with Crippen LogP contribution >= 0.6 is 11.6 Å². The fourth-order valence-corrected chi connectivity index (χ4v) is 5.81. The van der Waals surface area contributed by atoms with Gasteiger partial charge in [0.1, 0.15) is 0 Å². The topological polar surface area (TPSA) is 105 Å². The van der Waals surface area contributed by atoms with Crippen molar-refractivity contribution in [2.75, 3.05) is 18.4 Å². The van der Waals surface area contributed by atoms with E-state index >= 15 is 0 Å². The molecule has 1 N–H and O–H groups in total. The molecule has 0 bridgehead atoms. The normalized spacial score (nSPS) is 19.6. The molecular weight excluding hydrogens is 452 g/mol. The quantitative estimate of drug-likeness (QED) is 0.590. The van der Waals surface area contributed by atoms with Crippen molar-refractivity contribution in [3.8, 4) is 11.5 Å². The van der Waals surface area contributed by atoms with Crippen molar-refractivity contribution in [2.24, 2.45) is 11.8 Å². The summed E-state index contributed by atoms with van der Waals surface area (Å²) in [6, 6.07) is 12.7. The van der Waals surface area contributed by atoms with Gasteiger partial charge in [-0.3, -0.25) is 10.1 Å². The fraction of sp³-hybridized carbons (Fsp3) is 0.318. The van der Waals surface area contributed by atoms with Gasteiger partial charge in [-0.2, -0.15) is 4.31 Å². The van der Waals surface area contributed by atoms with E-state index in [1.165, 1.54) is 28.6 Å². The zero-order valence-electron chi connectivity index (χ0n) is 17.7. The lowest BCUT2D eigenvalue weighted by atomic mass is 9.94. The number of aromatic nitrogens is 2. The lowest BCUT2D eigenvalue weighted by Gasteiger charge is -2.34. The Morgan fingerprint density at radius 1 is 1.06 bits per heavy atom. The summed E-state index contributed by atoms with van der Waals surface area (Å²) in [6.45, 7) is 5.11. The summed E-state index contributed by atoms with van der Waals surface area (Å²) in [5.41, 5.74) is 0.819. The third-order valence-electron chi connectivity index (χ3n) is 5.34. The molecule has 0 unspecified atom stereocenters. The first-order valence-corrected chi connectivity index (χ1v) is 12.1. The van der Waals surface area contributed by atoms with Crippen molar-refractivity contribution in [3.63, 3.8) is 0 Å². The van der Waals surface area contributed by atoms with Gasteiger partial charge in [-0.1, -0.05) is 42.7 Å². The monoisotopic (exact) mass is 474 g/mol. The first-order chi connectivity index (χ1) is 15.2. The Morgan fingerprint density at radius 3 is 2.38 bits per heavy atom. The number of carbonyl (C=O) groups is 1. The van der Waals surface area contributed by atoms with Gasteiger partial charge >= 0.3 is 6.01 Å². The van der Waals surface area contributed by atoms with E-state index in [1.54, 1.807) is 24.3 Å². The molecule has 8 nitrogen and oxygen atoms in total. The number of halogens is 1. The maximum absolute atomic E-state index is 13.0. The summed E-state index contributed by atoms with van der Waals surface area (Å²) in [5.74, 6) is 0.299. The van der Waals surface area contributed by atoms with Gasteiger partial charge in [0.15, 0.2) is 0 Å². The van der Waals surface area contributed by atoms with Crippen LogP contribution in [-0.2, 0) is 10.0 Å². The van der Waals surface area contributed by atoms with E-state index < -0.39 is 15.9 Å². The first kappa shape index (κ1) is 22.4. The number of amides is 1. The van der Waals surface area contributed by atoms with E-state index in [0.717, 1.165) is 6.42 Å². The van der Waals surface area contributed by atoms with E-state index in [-0.39, 0.29) is 22.4 Å². The maximum Gasteiger partial charge on any atom is 0.322 e. The van der Waals surface area contributed by atoms with E-state index in [0.29, 0.717) is 35.5 Å². The first-order valence-electron chi connectivity index (χ1n) is 10.2. The SMILES string of the molecule is C[C@@H]1C[C@H](C)CN(S(=O)(=O)c2ccc(C(=O)Nc3nnc(-c4ccccc4Cl)o3)cc2)C1. The molecule has 1 aliphatic heterocycles. The number of benzene rings is 2. The van der Waals surface area contributed by atoms with Gasteiger partial charge < -0.3 is 4.42 Å². The number of hydrogen-bond acceptors (Lipinski definition) is 6. The van der Waals surface area contributed by atoms with Crippen LogP contribution in [0.3, 0.4) is 0 Å². The highest BCUT2D eigenvalue weighted by molar-refractivity contribution is 7.89. The summed E-state index contributed by atoms with van der Waals surface area (Å²) in [7, 11) is -3.61. The molecule has 1 fully saturated rings. The van der Waals surface area contributed by atoms with E-state index in [1.807, 2.05) is 0 Å². The van der Waals surface area contributed by atoms with Gasteiger partial charge in [0.25, 0.3) is 11.8 Å². The maximum atomic E-state index is 13.0. The Kier molecular flexibility index (Phi) is 6.32. The standard InChI is InChI=1S/C22H23ClN4O4S/c1-14-11-15(2)13-27(12-14)32(29,30)17-9-7-16(8-10-17)20(28)24-22-26-25-21(31-22)18-5-3-4-6-19(18)23/h3-10,14-15H,11-13H2,1-2H3,(H,24,26,28)/t14-,15+. The lowest BCUT2D eigenvalue weighted by molar-refractivity contribution is 0.102. The Labute approximate surface area is 191 Å². The molecule has 1 aliphatic rings. The molecule has 2 aromatic carbocycles. The molecular formula is C22H23ClN4O4S. The van der Waals surface area contributed by atoms with Crippen LogP contribution in [0.5, 0.6) is 0 Å². The number of nitrogens with zero attached hydrogens (tertiary/aromatic N) is 3. The largest absolute Gasteiger partial charge is 0.403 e. The van der Waals surface area contributed by atoms with Crippen LogP contribution in [0.15, 0.2) is 57.8 Å². The predicted octanol–water partition coefficient (Wildman–Crippen LogP) is 4.31. The average molecular weight is 475 g/mol. The number of hydrogen-bond donors (Lipinski definition) is 1. The van der Waals surface area contributed by atoms with Crippen LogP contribution in [-0.4, -0.2) is 41.9 Å². The Bertz CT molecular complexity index is 1220. The molecule has 168 valence electrons. The van der Waals surface area contributed by atoms with Crippen molar-refractivity contribution < 1.29 is 17.6 Å². The second-order valence-corrected chi connectivity index (χ2v) is 10.5. The fourth-order valence-electron chi connectivity index (χ4n) is 3.92. The zero-order valence-corrected chi connectivity index (χ0v) is 19.2. The van der Waals surface area contributed by atoms with Gasteiger partial charge in [0.05, 0.1) is 15.5 Å². The summed E-state index contributed by atoms with van der Waals surface area (Å²) >= 11 is 6.13. The van der Waals surface area contributed by atoms with Crippen molar-refractivity contribution in [1.29, 1.82) is 0 Å². The van der Waals surface area contributed by atoms with Crippen molar-refractivity contribution in [1.82, 2.24) is 14.5 Å². The van der Waals surface area contributed by atoms with Gasteiger partial charge in [-0.05, 0) is 54.7 Å². The van der Waals surface area contributed by atoms with Gasteiger partial charge in [0, 0.05) is 18.7 Å². The second kappa shape index (κ2) is 9.01. The summed E-state index contributed by atoms with van der Waals surface area (Å²) < 4.78 is 33.0. The molecule has 4 rings (SSSR count). The Morgan fingerprint density at radius 2 is 1.72 bits per heavy atom. The number of carbonyl (C=O) groups excluding carboxylic acids is 1. The Hall–Kier alpha value is -2.75. The van der Waals surface area contributed by atoms with Crippen LogP contribution < -0.4 is 5.32 Å². The summed E-state index contributed by atoms with van der Waals surface area (Å²) in [5, 5.41) is 10.7. The minimum atomic E-state index is -3.61. The van der Waals surface area contributed by atoms with Crippen molar-refractivity contribution in [2.45, 2.75) is 25.2 Å². The van der Waals surface area contributed by atoms with Crippen LogP contribution in [0.1, 0.15) is 30.6 Å². The van der Waals surface area contributed by atoms with Crippen molar-refractivity contribution >= 4 is 33.5 Å². The van der Waals surface area contributed by atoms with Gasteiger partial charge in [-0.15, -0.1) is 5.10 Å². The minimum absolute atomic E-state index is 0.0853. The highest BCUT2D eigenvalue weighted by atomic mass is 35.5. The van der Waals surface area contributed by atoms with E-state index in [4.69, 9.17) is 16.0 Å². The molecule has 2 heterocycles. The highest BCUT2D eigenvalue weighted by Crippen LogP contribution is 2.28. The minimum Gasteiger partial charge on any atom is -0.403 e. The third kappa shape index (κ3) is 4.69.